The normalized spacial score (nSPS) is 20.8. The molecule has 0 atom stereocenters. The van der Waals surface area contributed by atoms with E-state index in [4.69, 9.17) is 5.73 Å². The first-order chi connectivity index (χ1) is 9.52. The molecule has 1 aromatic rings. The van der Waals surface area contributed by atoms with Gasteiger partial charge in [-0.25, -0.2) is 9.18 Å². The maximum Gasteiger partial charge on any atom is 0.325 e. The van der Waals surface area contributed by atoms with E-state index >= 15 is 0 Å². The van der Waals surface area contributed by atoms with Gasteiger partial charge in [0.1, 0.15) is 11.4 Å². The lowest BCUT2D eigenvalue weighted by Gasteiger charge is -2.20. The summed E-state index contributed by atoms with van der Waals surface area (Å²) < 4.78 is 13.8. The van der Waals surface area contributed by atoms with E-state index in [1.54, 1.807) is 6.07 Å². The van der Waals surface area contributed by atoms with E-state index in [0.29, 0.717) is 18.5 Å². The Kier molecular flexibility index (Phi) is 2.88. The van der Waals surface area contributed by atoms with E-state index in [-0.39, 0.29) is 18.0 Å². The molecule has 3 amide bonds. The first kappa shape index (κ1) is 12.9. The van der Waals surface area contributed by atoms with Gasteiger partial charge in [0, 0.05) is 11.3 Å². The van der Waals surface area contributed by atoms with Crippen molar-refractivity contribution >= 4 is 17.6 Å². The third-order valence-corrected chi connectivity index (χ3v) is 4.11. The molecular formula is C14H16FN3O2. The highest BCUT2D eigenvalue weighted by molar-refractivity contribution is 6.07. The molecule has 2 fully saturated rings. The summed E-state index contributed by atoms with van der Waals surface area (Å²) in [5, 5.41) is 2.77. The van der Waals surface area contributed by atoms with E-state index in [0.717, 1.165) is 17.7 Å². The molecule has 1 saturated heterocycles. The summed E-state index contributed by atoms with van der Waals surface area (Å²) in [7, 11) is 0. The lowest BCUT2D eigenvalue weighted by atomic mass is 9.98. The van der Waals surface area contributed by atoms with Gasteiger partial charge in [0.15, 0.2) is 0 Å². The Morgan fingerprint density at radius 1 is 1.30 bits per heavy atom. The first-order valence-electron chi connectivity index (χ1n) is 6.70. The van der Waals surface area contributed by atoms with Crippen molar-refractivity contribution < 1.29 is 14.0 Å². The average Bonchev–Trinajstić information content (AvgIpc) is 2.94. The molecule has 1 heterocycles. The Labute approximate surface area is 115 Å². The molecule has 1 aliphatic carbocycles. The number of anilines is 1. The fourth-order valence-corrected chi connectivity index (χ4v) is 3.00. The summed E-state index contributed by atoms with van der Waals surface area (Å²) in [6, 6.07) is 3.82. The van der Waals surface area contributed by atoms with Gasteiger partial charge in [-0.05, 0) is 25.0 Å². The van der Waals surface area contributed by atoms with Crippen LogP contribution in [0, 0.1) is 5.82 Å². The van der Waals surface area contributed by atoms with Crippen LogP contribution in [0.3, 0.4) is 0 Å². The van der Waals surface area contributed by atoms with Crippen LogP contribution in [0.1, 0.15) is 31.2 Å². The van der Waals surface area contributed by atoms with E-state index in [2.05, 4.69) is 5.32 Å². The zero-order valence-corrected chi connectivity index (χ0v) is 11.0. The summed E-state index contributed by atoms with van der Waals surface area (Å²) in [5.74, 6) is -0.741. The van der Waals surface area contributed by atoms with Crippen LogP contribution in [0.15, 0.2) is 18.2 Å². The molecular weight excluding hydrogens is 261 g/mol. The monoisotopic (exact) mass is 277 g/mol. The van der Waals surface area contributed by atoms with Crippen LogP contribution in [-0.2, 0) is 11.3 Å². The Hall–Kier alpha value is -2.11. The van der Waals surface area contributed by atoms with E-state index in [1.165, 1.54) is 12.1 Å². The maximum absolute atomic E-state index is 13.8. The lowest BCUT2D eigenvalue weighted by Crippen LogP contribution is -2.44. The molecule has 20 heavy (non-hydrogen) atoms. The van der Waals surface area contributed by atoms with Gasteiger partial charge in [0.2, 0.25) is 0 Å². The molecule has 1 spiro atoms. The second kappa shape index (κ2) is 4.47. The summed E-state index contributed by atoms with van der Waals surface area (Å²) in [5.41, 5.74) is 5.34. The summed E-state index contributed by atoms with van der Waals surface area (Å²) >= 11 is 0. The molecule has 106 valence electrons. The third-order valence-electron chi connectivity index (χ3n) is 4.11. The van der Waals surface area contributed by atoms with Gasteiger partial charge in [-0.2, -0.15) is 0 Å². The zero-order chi connectivity index (χ0) is 14.3. The van der Waals surface area contributed by atoms with Gasteiger partial charge in [-0.1, -0.05) is 18.9 Å². The molecule has 1 saturated carbocycles. The SMILES string of the molecule is Nc1ccc(CN2C(=O)NC3(CCCC3)C2=O)c(F)c1. The molecule has 0 unspecified atom stereocenters. The molecule has 0 aromatic heterocycles. The van der Waals surface area contributed by atoms with Crippen molar-refractivity contribution in [2.75, 3.05) is 5.73 Å². The fourth-order valence-electron chi connectivity index (χ4n) is 3.00. The maximum atomic E-state index is 13.8. The van der Waals surface area contributed by atoms with Gasteiger partial charge in [-0.15, -0.1) is 0 Å². The number of carbonyl (C=O) groups is 2. The van der Waals surface area contributed by atoms with Crippen LogP contribution < -0.4 is 11.1 Å². The van der Waals surface area contributed by atoms with Crippen molar-refractivity contribution in [3.63, 3.8) is 0 Å². The van der Waals surface area contributed by atoms with E-state index in [1.807, 2.05) is 0 Å². The van der Waals surface area contributed by atoms with Crippen LogP contribution in [0.5, 0.6) is 0 Å². The van der Waals surface area contributed by atoms with Gasteiger partial charge < -0.3 is 11.1 Å². The molecule has 1 aliphatic heterocycles. The number of halogens is 1. The predicted octanol–water partition coefficient (Wildman–Crippen LogP) is 1.77. The fraction of sp³-hybridized carbons (Fsp3) is 0.429. The second-order valence-electron chi connectivity index (χ2n) is 5.46. The van der Waals surface area contributed by atoms with Crippen LogP contribution in [0.25, 0.3) is 0 Å². The zero-order valence-electron chi connectivity index (χ0n) is 11.0. The van der Waals surface area contributed by atoms with Gasteiger partial charge >= 0.3 is 6.03 Å². The van der Waals surface area contributed by atoms with Crippen molar-refractivity contribution in [3.8, 4) is 0 Å². The van der Waals surface area contributed by atoms with Crippen molar-refractivity contribution in [2.45, 2.75) is 37.8 Å². The molecule has 5 nitrogen and oxygen atoms in total. The molecule has 2 aliphatic rings. The third kappa shape index (κ3) is 1.92. The number of rotatable bonds is 2. The van der Waals surface area contributed by atoms with E-state index < -0.39 is 17.4 Å². The number of nitrogen functional groups attached to an aromatic ring is 1. The molecule has 3 rings (SSSR count). The summed E-state index contributed by atoms with van der Waals surface area (Å²) in [4.78, 5) is 25.5. The highest BCUT2D eigenvalue weighted by Gasteiger charge is 2.52. The Balaban J connectivity index is 1.84. The number of hydrogen-bond acceptors (Lipinski definition) is 3. The standard InChI is InChI=1S/C14H16FN3O2/c15-11-7-10(16)4-3-9(11)8-18-12(19)14(17-13(18)20)5-1-2-6-14/h3-4,7H,1-2,5-6,8,16H2,(H,17,20). The van der Waals surface area contributed by atoms with Crippen LogP contribution >= 0.6 is 0 Å². The number of nitrogens with two attached hydrogens (primary N) is 1. The lowest BCUT2D eigenvalue weighted by molar-refractivity contribution is -0.131. The minimum Gasteiger partial charge on any atom is -0.399 e. The van der Waals surface area contributed by atoms with Crippen LogP contribution in [-0.4, -0.2) is 22.4 Å². The number of amides is 3. The second-order valence-corrected chi connectivity index (χ2v) is 5.46. The number of urea groups is 1. The van der Waals surface area contributed by atoms with Crippen LogP contribution in [0.2, 0.25) is 0 Å². The van der Waals surface area contributed by atoms with Crippen molar-refractivity contribution in [1.29, 1.82) is 0 Å². The van der Waals surface area contributed by atoms with Gasteiger partial charge in [-0.3, -0.25) is 9.69 Å². The smallest absolute Gasteiger partial charge is 0.325 e. The highest BCUT2D eigenvalue weighted by Crippen LogP contribution is 2.35. The number of nitrogens with zero attached hydrogens (tertiary/aromatic N) is 1. The van der Waals surface area contributed by atoms with Crippen molar-refractivity contribution in [3.05, 3.63) is 29.6 Å². The average molecular weight is 277 g/mol. The molecule has 0 bridgehead atoms. The summed E-state index contributed by atoms with van der Waals surface area (Å²) in [6.45, 7) is -0.0570. The van der Waals surface area contributed by atoms with Gasteiger partial charge in [0.05, 0.1) is 6.54 Å². The number of carbonyl (C=O) groups excluding carboxylic acids is 2. The highest BCUT2D eigenvalue weighted by atomic mass is 19.1. The topological polar surface area (TPSA) is 75.4 Å². The van der Waals surface area contributed by atoms with E-state index in [9.17, 15) is 14.0 Å². The number of hydrogen-bond donors (Lipinski definition) is 2. The minimum atomic E-state index is -0.749. The van der Waals surface area contributed by atoms with Crippen molar-refractivity contribution in [1.82, 2.24) is 10.2 Å². The molecule has 3 N–H and O–H groups in total. The largest absolute Gasteiger partial charge is 0.399 e. The number of nitrogens with one attached hydrogen (secondary N) is 1. The molecule has 1 aromatic carbocycles. The molecule has 0 radical (unpaired) electrons. The Bertz CT molecular complexity index is 582. The first-order valence-corrected chi connectivity index (χ1v) is 6.70. The van der Waals surface area contributed by atoms with Gasteiger partial charge in [0.25, 0.3) is 5.91 Å². The quantitative estimate of drug-likeness (QED) is 0.639. The van der Waals surface area contributed by atoms with Crippen molar-refractivity contribution in [2.24, 2.45) is 0 Å². The Morgan fingerprint density at radius 2 is 2.00 bits per heavy atom. The number of benzene rings is 1. The minimum absolute atomic E-state index is 0.0570. The predicted molar refractivity (Wildman–Crippen MR) is 71.1 cm³/mol. The Morgan fingerprint density at radius 3 is 2.65 bits per heavy atom. The molecule has 6 heteroatoms. The summed E-state index contributed by atoms with van der Waals surface area (Å²) in [6.07, 6.45) is 3.18. The van der Waals surface area contributed by atoms with Crippen LogP contribution in [0.4, 0.5) is 14.9 Å². The number of imide groups is 1.